The lowest BCUT2D eigenvalue weighted by Gasteiger charge is -2.08. The molecule has 2 N–H and O–H groups in total. The molecule has 5 heteroatoms. The molecule has 88 valence electrons. The Balaban J connectivity index is 2.40. The Morgan fingerprint density at radius 3 is 2.94 bits per heavy atom. The zero-order chi connectivity index (χ0) is 12.0. The Morgan fingerprint density at radius 1 is 1.56 bits per heavy atom. The number of halogens is 1. The van der Waals surface area contributed by atoms with E-state index >= 15 is 0 Å². The van der Waals surface area contributed by atoms with Gasteiger partial charge in [0.2, 0.25) is 5.91 Å². The van der Waals surface area contributed by atoms with Crippen LogP contribution in [0.5, 0.6) is 0 Å². The predicted molar refractivity (Wildman–Crippen MR) is 68.5 cm³/mol. The fraction of sp³-hybridized carbons (Fsp3) is 0.455. The average Bonchev–Trinajstić information content (AvgIpc) is 2.22. The molecule has 0 unspecified atom stereocenters. The van der Waals surface area contributed by atoms with Crippen LogP contribution in [0.2, 0.25) is 0 Å². The molecule has 0 spiro atoms. The van der Waals surface area contributed by atoms with Crippen LogP contribution in [-0.4, -0.2) is 24.0 Å². The molecule has 1 aromatic heterocycles. The van der Waals surface area contributed by atoms with Gasteiger partial charge in [-0.05, 0) is 41.4 Å². The smallest absolute Gasteiger partial charge is 0.221 e. The molecule has 0 saturated carbocycles. The van der Waals surface area contributed by atoms with Crippen LogP contribution in [0.1, 0.15) is 18.9 Å². The summed E-state index contributed by atoms with van der Waals surface area (Å²) in [6.45, 7) is 5.16. The van der Waals surface area contributed by atoms with Gasteiger partial charge < -0.3 is 10.6 Å². The molecule has 1 rings (SSSR count). The number of aromatic nitrogens is 1. The van der Waals surface area contributed by atoms with Crippen LogP contribution in [0.4, 0.5) is 5.82 Å². The lowest BCUT2D eigenvalue weighted by molar-refractivity contribution is -0.120. The number of amides is 1. The third-order valence-corrected chi connectivity index (χ3v) is 2.50. The monoisotopic (exact) mass is 285 g/mol. The van der Waals surface area contributed by atoms with Crippen molar-refractivity contribution in [3.05, 3.63) is 22.3 Å². The van der Waals surface area contributed by atoms with Crippen molar-refractivity contribution in [3.8, 4) is 0 Å². The molecule has 0 radical (unpaired) electrons. The number of hydrogen-bond donors (Lipinski definition) is 2. The topological polar surface area (TPSA) is 54.0 Å². The summed E-state index contributed by atoms with van der Waals surface area (Å²) in [5, 5.41) is 5.89. The summed E-state index contributed by atoms with van der Waals surface area (Å²) < 4.78 is 0.958. The van der Waals surface area contributed by atoms with Crippen molar-refractivity contribution in [1.29, 1.82) is 0 Å². The van der Waals surface area contributed by atoms with Gasteiger partial charge in [-0.1, -0.05) is 0 Å². The highest BCUT2D eigenvalue weighted by atomic mass is 79.9. The first-order valence-electron chi connectivity index (χ1n) is 5.26. The minimum absolute atomic E-state index is 0.0600. The van der Waals surface area contributed by atoms with Gasteiger partial charge in [0, 0.05) is 30.2 Å². The normalized spacial score (nSPS) is 9.94. The van der Waals surface area contributed by atoms with E-state index in [0.29, 0.717) is 19.5 Å². The lowest BCUT2D eigenvalue weighted by atomic mass is 10.3. The number of anilines is 1. The van der Waals surface area contributed by atoms with E-state index < -0.39 is 0 Å². The summed E-state index contributed by atoms with van der Waals surface area (Å²) in [4.78, 5) is 15.4. The summed E-state index contributed by atoms with van der Waals surface area (Å²) in [6, 6.07) is 1.99. The van der Waals surface area contributed by atoms with Crippen LogP contribution in [0.3, 0.4) is 0 Å². The minimum atomic E-state index is 0.0600. The lowest BCUT2D eigenvalue weighted by Crippen LogP contribution is -2.24. The Kier molecular flexibility index (Phi) is 5.25. The van der Waals surface area contributed by atoms with E-state index in [-0.39, 0.29) is 5.91 Å². The number of carbonyl (C=O) groups excluding carboxylic acids is 1. The molecule has 0 aliphatic heterocycles. The van der Waals surface area contributed by atoms with Crippen LogP contribution < -0.4 is 10.6 Å². The van der Waals surface area contributed by atoms with Crippen LogP contribution in [-0.2, 0) is 4.79 Å². The molecule has 0 fully saturated rings. The van der Waals surface area contributed by atoms with Gasteiger partial charge in [-0.25, -0.2) is 4.98 Å². The second-order valence-corrected chi connectivity index (χ2v) is 4.36. The Morgan fingerprint density at radius 2 is 2.31 bits per heavy atom. The molecule has 1 aromatic rings. The second kappa shape index (κ2) is 6.48. The molecular formula is C11H16BrN3O. The summed E-state index contributed by atoms with van der Waals surface area (Å²) >= 11 is 3.35. The first-order valence-corrected chi connectivity index (χ1v) is 6.05. The van der Waals surface area contributed by atoms with E-state index in [2.05, 4.69) is 31.5 Å². The van der Waals surface area contributed by atoms with Gasteiger partial charge in [0.1, 0.15) is 5.82 Å². The molecule has 0 bridgehead atoms. The molecule has 1 amide bonds. The third-order valence-electron chi connectivity index (χ3n) is 2.06. The highest BCUT2D eigenvalue weighted by molar-refractivity contribution is 9.10. The molecule has 0 aromatic carbocycles. The van der Waals surface area contributed by atoms with E-state index in [1.54, 1.807) is 6.20 Å². The Bertz CT molecular complexity index is 368. The van der Waals surface area contributed by atoms with Gasteiger partial charge >= 0.3 is 0 Å². The van der Waals surface area contributed by atoms with Crippen molar-refractivity contribution < 1.29 is 4.79 Å². The number of nitrogens with one attached hydrogen (secondary N) is 2. The number of rotatable bonds is 5. The van der Waals surface area contributed by atoms with Gasteiger partial charge in [-0.15, -0.1) is 0 Å². The maximum Gasteiger partial charge on any atom is 0.221 e. The van der Waals surface area contributed by atoms with Crippen molar-refractivity contribution in [3.63, 3.8) is 0 Å². The van der Waals surface area contributed by atoms with Gasteiger partial charge in [0.25, 0.3) is 0 Å². The number of carbonyl (C=O) groups is 1. The largest absolute Gasteiger partial charge is 0.369 e. The molecule has 0 aliphatic rings. The van der Waals surface area contributed by atoms with Crippen molar-refractivity contribution in [2.75, 3.05) is 18.4 Å². The average molecular weight is 286 g/mol. The molecule has 1 heterocycles. The van der Waals surface area contributed by atoms with Crippen molar-refractivity contribution >= 4 is 27.7 Å². The van der Waals surface area contributed by atoms with Crippen LogP contribution in [0.25, 0.3) is 0 Å². The fourth-order valence-corrected chi connectivity index (χ4v) is 1.75. The van der Waals surface area contributed by atoms with Gasteiger partial charge in [-0.2, -0.15) is 0 Å². The Labute approximate surface area is 104 Å². The predicted octanol–water partition coefficient (Wildman–Crippen LogP) is 2.09. The first-order chi connectivity index (χ1) is 7.63. The zero-order valence-electron chi connectivity index (χ0n) is 9.51. The summed E-state index contributed by atoms with van der Waals surface area (Å²) in [7, 11) is 0. The standard InChI is InChI=1S/C11H16BrN3O/c1-3-13-10(16)4-5-14-11-8(2)6-9(12)7-15-11/h6-7H,3-5H2,1-2H3,(H,13,16)(H,14,15). The van der Waals surface area contributed by atoms with Crippen LogP contribution >= 0.6 is 15.9 Å². The number of nitrogens with zero attached hydrogens (tertiary/aromatic N) is 1. The summed E-state index contributed by atoms with van der Waals surface area (Å²) in [5.74, 6) is 0.886. The van der Waals surface area contributed by atoms with E-state index in [0.717, 1.165) is 15.9 Å². The van der Waals surface area contributed by atoms with Crippen LogP contribution in [0.15, 0.2) is 16.7 Å². The zero-order valence-corrected chi connectivity index (χ0v) is 11.1. The number of aryl methyl sites for hydroxylation is 1. The maximum atomic E-state index is 11.2. The summed E-state index contributed by atoms with van der Waals surface area (Å²) in [6.07, 6.45) is 2.20. The van der Waals surface area contributed by atoms with Crippen LogP contribution in [0, 0.1) is 6.92 Å². The molecular weight excluding hydrogens is 270 g/mol. The first kappa shape index (κ1) is 13.0. The molecule has 16 heavy (non-hydrogen) atoms. The van der Waals surface area contributed by atoms with Gasteiger partial charge in [0.05, 0.1) is 0 Å². The van der Waals surface area contributed by atoms with E-state index in [4.69, 9.17) is 0 Å². The van der Waals surface area contributed by atoms with E-state index in [1.807, 2.05) is 19.9 Å². The van der Waals surface area contributed by atoms with Crippen molar-refractivity contribution in [2.45, 2.75) is 20.3 Å². The van der Waals surface area contributed by atoms with Gasteiger partial charge in [-0.3, -0.25) is 4.79 Å². The summed E-state index contributed by atoms with van der Waals surface area (Å²) in [5.41, 5.74) is 1.06. The maximum absolute atomic E-state index is 11.2. The molecule has 0 aliphatic carbocycles. The SMILES string of the molecule is CCNC(=O)CCNc1ncc(Br)cc1C. The number of hydrogen-bond acceptors (Lipinski definition) is 3. The highest BCUT2D eigenvalue weighted by Crippen LogP contribution is 2.16. The molecule has 4 nitrogen and oxygen atoms in total. The van der Waals surface area contributed by atoms with Crippen molar-refractivity contribution in [2.24, 2.45) is 0 Å². The third kappa shape index (κ3) is 4.18. The van der Waals surface area contributed by atoms with E-state index in [9.17, 15) is 4.79 Å². The van der Waals surface area contributed by atoms with Crippen molar-refractivity contribution in [1.82, 2.24) is 10.3 Å². The molecule has 0 saturated heterocycles. The number of pyridine rings is 1. The Hall–Kier alpha value is -1.10. The molecule has 0 atom stereocenters. The quantitative estimate of drug-likeness (QED) is 0.871. The minimum Gasteiger partial charge on any atom is -0.369 e. The van der Waals surface area contributed by atoms with E-state index in [1.165, 1.54) is 0 Å². The fourth-order valence-electron chi connectivity index (χ4n) is 1.31. The highest BCUT2D eigenvalue weighted by Gasteiger charge is 2.02. The van der Waals surface area contributed by atoms with Gasteiger partial charge in [0.15, 0.2) is 0 Å². The second-order valence-electron chi connectivity index (χ2n) is 3.45.